The average molecular weight is 420 g/mol. The standard InChI is InChI=1S/C22H23F3N2O3/c23-22(24,25)15-30-14-17-5-7-18(8-6-17)20(28)26-13-16-3-9-19(10-4-16)21(29)27-11-1-2-12-27/h3-10H,1-2,11-15H2,(H,26,28). The van der Waals surface area contributed by atoms with Crippen LogP contribution in [0.15, 0.2) is 48.5 Å². The number of hydrogen-bond donors (Lipinski definition) is 1. The largest absolute Gasteiger partial charge is 0.411 e. The quantitative estimate of drug-likeness (QED) is 0.739. The average Bonchev–Trinajstić information content (AvgIpc) is 3.26. The Kier molecular flexibility index (Phi) is 7.10. The molecule has 2 amide bonds. The fourth-order valence-electron chi connectivity index (χ4n) is 3.19. The van der Waals surface area contributed by atoms with Gasteiger partial charge in [-0.1, -0.05) is 24.3 Å². The van der Waals surface area contributed by atoms with Crippen LogP contribution in [0.1, 0.15) is 44.7 Å². The number of nitrogens with one attached hydrogen (secondary N) is 1. The molecule has 0 unspecified atom stereocenters. The van der Waals surface area contributed by atoms with Gasteiger partial charge in [0.15, 0.2) is 0 Å². The number of halogens is 3. The Morgan fingerprint density at radius 2 is 1.47 bits per heavy atom. The Hall–Kier alpha value is -2.87. The van der Waals surface area contributed by atoms with Crippen molar-refractivity contribution in [2.45, 2.75) is 32.2 Å². The van der Waals surface area contributed by atoms with E-state index < -0.39 is 12.8 Å². The topological polar surface area (TPSA) is 58.6 Å². The molecule has 1 N–H and O–H groups in total. The predicted octanol–water partition coefficient (Wildman–Crippen LogP) is 3.93. The Balaban J connectivity index is 1.47. The van der Waals surface area contributed by atoms with E-state index in [1.54, 1.807) is 36.4 Å². The maximum absolute atomic E-state index is 12.3. The first-order chi connectivity index (χ1) is 14.3. The van der Waals surface area contributed by atoms with E-state index in [1.807, 2.05) is 17.0 Å². The highest BCUT2D eigenvalue weighted by Gasteiger charge is 2.27. The molecule has 30 heavy (non-hydrogen) atoms. The lowest BCUT2D eigenvalue weighted by Gasteiger charge is -2.15. The molecular weight excluding hydrogens is 397 g/mol. The van der Waals surface area contributed by atoms with Gasteiger partial charge < -0.3 is 15.0 Å². The summed E-state index contributed by atoms with van der Waals surface area (Å²) in [5, 5.41) is 2.79. The highest BCUT2D eigenvalue weighted by atomic mass is 19.4. The lowest BCUT2D eigenvalue weighted by atomic mass is 10.1. The van der Waals surface area contributed by atoms with Crippen LogP contribution in [-0.4, -0.2) is 42.6 Å². The van der Waals surface area contributed by atoms with E-state index in [4.69, 9.17) is 0 Å². The first kappa shape index (κ1) is 21.8. The van der Waals surface area contributed by atoms with Crippen molar-refractivity contribution in [2.75, 3.05) is 19.7 Å². The molecule has 8 heteroatoms. The third-order valence-electron chi connectivity index (χ3n) is 4.80. The highest BCUT2D eigenvalue weighted by molar-refractivity contribution is 5.95. The smallest absolute Gasteiger partial charge is 0.367 e. The number of hydrogen-bond acceptors (Lipinski definition) is 3. The van der Waals surface area contributed by atoms with Crippen molar-refractivity contribution < 1.29 is 27.5 Å². The zero-order valence-electron chi connectivity index (χ0n) is 16.4. The van der Waals surface area contributed by atoms with Crippen molar-refractivity contribution in [3.05, 3.63) is 70.8 Å². The molecule has 2 aromatic carbocycles. The van der Waals surface area contributed by atoms with E-state index in [1.165, 1.54) is 0 Å². The van der Waals surface area contributed by atoms with Gasteiger partial charge in [0.05, 0.1) is 6.61 Å². The number of alkyl halides is 3. The summed E-state index contributed by atoms with van der Waals surface area (Å²) in [5.41, 5.74) is 2.44. The lowest BCUT2D eigenvalue weighted by molar-refractivity contribution is -0.176. The van der Waals surface area contributed by atoms with Crippen LogP contribution in [-0.2, 0) is 17.9 Å². The molecule has 1 heterocycles. The maximum atomic E-state index is 12.3. The van der Waals surface area contributed by atoms with Crippen LogP contribution < -0.4 is 5.32 Å². The molecule has 0 aliphatic carbocycles. The van der Waals surface area contributed by atoms with E-state index in [-0.39, 0.29) is 18.4 Å². The van der Waals surface area contributed by atoms with Crippen LogP contribution in [0, 0.1) is 0 Å². The number of carbonyl (C=O) groups excluding carboxylic acids is 2. The van der Waals surface area contributed by atoms with Crippen molar-refractivity contribution in [1.82, 2.24) is 10.2 Å². The number of rotatable bonds is 7. The second-order valence-corrected chi connectivity index (χ2v) is 7.18. The summed E-state index contributed by atoms with van der Waals surface area (Å²) in [6, 6.07) is 13.3. The summed E-state index contributed by atoms with van der Waals surface area (Å²) in [7, 11) is 0. The van der Waals surface area contributed by atoms with Crippen LogP contribution in [0.4, 0.5) is 13.2 Å². The first-order valence-electron chi connectivity index (χ1n) is 9.72. The molecule has 1 aliphatic rings. The normalized spacial score (nSPS) is 14.0. The van der Waals surface area contributed by atoms with Gasteiger partial charge in [-0.25, -0.2) is 0 Å². The summed E-state index contributed by atoms with van der Waals surface area (Å²) in [6.45, 7) is 0.406. The Bertz CT molecular complexity index is 859. The number of ether oxygens (including phenoxy) is 1. The molecule has 1 fully saturated rings. The molecule has 2 aromatic rings. The van der Waals surface area contributed by atoms with E-state index in [9.17, 15) is 22.8 Å². The summed E-state index contributed by atoms with van der Waals surface area (Å²) < 4.78 is 40.9. The van der Waals surface area contributed by atoms with Crippen molar-refractivity contribution in [3.63, 3.8) is 0 Å². The minimum absolute atomic E-state index is 0.0300. The van der Waals surface area contributed by atoms with Crippen LogP contribution in [0.5, 0.6) is 0 Å². The minimum Gasteiger partial charge on any atom is -0.367 e. The number of amides is 2. The molecule has 1 aliphatic heterocycles. The number of carbonyl (C=O) groups is 2. The molecule has 0 spiro atoms. The van der Waals surface area contributed by atoms with Gasteiger partial charge in [-0.2, -0.15) is 13.2 Å². The molecule has 0 atom stereocenters. The minimum atomic E-state index is -4.36. The third kappa shape index (κ3) is 6.32. The third-order valence-corrected chi connectivity index (χ3v) is 4.80. The molecule has 0 radical (unpaired) electrons. The van der Waals surface area contributed by atoms with Gasteiger partial charge in [-0.15, -0.1) is 0 Å². The Morgan fingerprint density at radius 1 is 0.900 bits per heavy atom. The summed E-state index contributed by atoms with van der Waals surface area (Å²) >= 11 is 0. The van der Waals surface area contributed by atoms with Gasteiger partial charge in [0.25, 0.3) is 11.8 Å². The van der Waals surface area contributed by atoms with Crippen molar-refractivity contribution in [1.29, 1.82) is 0 Å². The van der Waals surface area contributed by atoms with Crippen LogP contribution >= 0.6 is 0 Å². The lowest BCUT2D eigenvalue weighted by Crippen LogP contribution is -2.27. The van der Waals surface area contributed by atoms with Crippen LogP contribution in [0.25, 0.3) is 0 Å². The Labute approximate surface area is 172 Å². The summed E-state index contributed by atoms with van der Waals surface area (Å²) in [5.74, 6) is -0.266. The number of nitrogens with zero attached hydrogens (tertiary/aromatic N) is 1. The van der Waals surface area contributed by atoms with Gasteiger partial charge in [0.2, 0.25) is 0 Å². The van der Waals surface area contributed by atoms with Gasteiger partial charge in [-0.3, -0.25) is 9.59 Å². The van der Waals surface area contributed by atoms with Crippen LogP contribution in [0.2, 0.25) is 0 Å². The molecule has 0 bridgehead atoms. The molecule has 3 rings (SSSR count). The zero-order valence-corrected chi connectivity index (χ0v) is 16.4. The van der Waals surface area contributed by atoms with Crippen LogP contribution in [0.3, 0.4) is 0 Å². The van der Waals surface area contributed by atoms with Gasteiger partial charge in [0, 0.05) is 30.8 Å². The second-order valence-electron chi connectivity index (χ2n) is 7.18. The molecular formula is C22H23F3N2O3. The highest BCUT2D eigenvalue weighted by Crippen LogP contribution is 2.16. The molecule has 0 aromatic heterocycles. The fraction of sp³-hybridized carbons (Fsp3) is 0.364. The Morgan fingerprint density at radius 3 is 2.07 bits per heavy atom. The summed E-state index contributed by atoms with van der Waals surface area (Å²) in [4.78, 5) is 26.5. The van der Waals surface area contributed by atoms with Gasteiger partial charge in [-0.05, 0) is 48.2 Å². The summed E-state index contributed by atoms with van der Waals surface area (Å²) in [6.07, 6.45) is -2.28. The maximum Gasteiger partial charge on any atom is 0.411 e. The number of benzene rings is 2. The van der Waals surface area contributed by atoms with Gasteiger partial charge >= 0.3 is 6.18 Å². The SMILES string of the molecule is O=C(NCc1ccc(C(=O)N2CCCC2)cc1)c1ccc(COCC(F)(F)F)cc1. The zero-order chi connectivity index (χ0) is 21.6. The second kappa shape index (κ2) is 9.75. The molecule has 160 valence electrons. The molecule has 0 saturated carbocycles. The monoisotopic (exact) mass is 420 g/mol. The van der Waals surface area contributed by atoms with E-state index in [2.05, 4.69) is 10.1 Å². The van der Waals surface area contributed by atoms with Crippen molar-refractivity contribution in [2.24, 2.45) is 0 Å². The van der Waals surface area contributed by atoms with Gasteiger partial charge in [0.1, 0.15) is 6.61 Å². The first-order valence-corrected chi connectivity index (χ1v) is 9.72. The van der Waals surface area contributed by atoms with E-state index >= 15 is 0 Å². The fourth-order valence-corrected chi connectivity index (χ4v) is 3.19. The van der Waals surface area contributed by atoms with E-state index in [0.29, 0.717) is 23.2 Å². The number of likely N-dealkylation sites (tertiary alicyclic amines) is 1. The van der Waals surface area contributed by atoms with Crippen molar-refractivity contribution in [3.8, 4) is 0 Å². The molecule has 1 saturated heterocycles. The predicted molar refractivity (Wildman–Crippen MR) is 105 cm³/mol. The van der Waals surface area contributed by atoms with E-state index in [0.717, 1.165) is 31.5 Å². The molecule has 5 nitrogen and oxygen atoms in total. The van der Waals surface area contributed by atoms with Crippen molar-refractivity contribution >= 4 is 11.8 Å².